The van der Waals surface area contributed by atoms with E-state index >= 15 is 0 Å². The van der Waals surface area contributed by atoms with Crippen LogP contribution < -0.4 is 10.0 Å². The molecule has 0 unspecified atom stereocenters. The summed E-state index contributed by atoms with van der Waals surface area (Å²) in [5, 5.41) is 11.1. The monoisotopic (exact) mass is 326 g/mol. The Hall–Kier alpha value is -1.93. The van der Waals surface area contributed by atoms with E-state index in [1.54, 1.807) is 0 Å². The Balaban J connectivity index is 1.90. The first-order valence-electron chi connectivity index (χ1n) is 7.01. The lowest BCUT2D eigenvalue weighted by molar-refractivity contribution is -0.137. The SMILES string of the molecule is O=C(O)CCCNC(=O)c1ccc(S(=O)(=O)NC2CC2)cc1. The molecule has 0 spiro atoms. The molecule has 0 saturated heterocycles. The Labute approximate surface area is 128 Å². The zero-order valence-corrected chi connectivity index (χ0v) is 12.7. The largest absolute Gasteiger partial charge is 0.481 e. The maximum absolute atomic E-state index is 12.0. The summed E-state index contributed by atoms with van der Waals surface area (Å²) in [6.07, 6.45) is 2.05. The molecular weight excluding hydrogens is 308 g/mol. The van der Waals surface area contributed by atoms with Crippen LogP contribution in [-0.2, 0) is 14.8 Å². The number of carbonyl (C=O) groups excluding carboxylic acids is 1. The number of aliphatic carboxylic acids is 1. The number of sulfonamides is 1. The van der Waals surface area contributed by atoms with Crippen molar-refractivity contribution < 1.29 is 23.1 Å². The summed E-state index contributed by atoms with van der Waals surface area (Å²) in [6, 6.07) is 5.68. The molecule has 1 saturated carbocycles. The van der Waals surface area contributed by atoms with E-state index in [1.165, 1.54) is 24.3 Å². The van der Waals surface area contributed by atoms with Crippen molar-refractivity contribution in [1.29, 1.82) is 0 Å². The van der Waals surface area contributed by atoms with Crippen LogP contribution in [0.25, 0.3) is 0 Å². The number of carboxylic acids is 1. The van der Waals surface area contributed by atoms with Gasteiger partial charge in [-0.2, -0.15) is 0 Å². The quantitative estimate of drug-likeness (QED) is 0.609. The fraction of sp³-hybridized carbons (Fsp3) is 0.429. The predicted molar refractivity (Wildman–Crippen MR) is 79.0 cm³/mol. The number of carboxylic acid groups (broad SMARTS) is 1. The molecule has 8 heteroatoms. The lowest BCUT2D eigenvalue weighted by Gasteiger charge is -2.07. The van der Waals surface area contributed by atoms with Crippen molar-refractivity contribution in [2.75, 3.05) is 6.54 Å². The van der Waals surface area contributed by atoms with Crippen LogP contribution in [0, 0.1) is 0 Å². The summed E-state index contributed by atoms with van der Waals surface area (Å²) in [5.41, 5.74) is 0.334. The highest BCUT2D eigenvalue weighted by Crippen LogP contribution is 2.22. The Morgan fingerprint density at radius 3 is 2.36 bits per heavy atom. The molecule has 0 aliphatic heterocycles. The Morgan fingerprint density at radius 2 is 1.82 bits per heavy atom. The third-order valence-corrected chi connectivity index (χ3v) is 4.72. The van der Waals surface area contributed by atoms with Gasteiger partial charge in [-0.25, -0.2) is 13.1 Å². The molecule has 0 aromatic heterocycles. The van der Waals surface area contributed by atoms with E-state index in [2.05, 4.69) is 10.0 Å². The second-order valence-electron chi connectivity index (χ2n) is 5.17. The van der Waals surface area contributed by atoms with Gasteiger partial charge in [0.15, 0.2) is 0 Å². The molecule has 22 heavy (non-hydrogen) atoms. The molecule has 0 heterocycles. The summed E-state index contributed by atoms with van der Waals surface area (Å²) in [5.74, 6) is -1.27. The van der Waals surface area contributed by atoms with E-state index < -0.39 is 16.0 Å². The van der Waals surface area contributed by atoms with Gasteiger partial charge in [0.25, 0.3) is 5.91 Å². The Morgan fingerprint density at radius 1 is 1.18 bits per heavy atom. The van der Waals surface area contributed by atoms with Gasteiger partial charge in [-0.1, -0.05) is 0 Å². The van der Waals surface area contributed by atoms with Crippen molar-refractivity contribution in [2.24, 2.45) is 0 Å². The first kappa shape index (κ1) is 16.4. The lowest BCUT2D eigenvalue weighted by Crippen LogP contribution is -2.26. The van der Waals surface area contributed by atoms with E-state index in [4.69, 9.17) is 5.11 Å². The second kappa shape index (κ2) is 6.89. The normalized spacial score (nSPS) is 14.5. The molecule has 7 nitrogen and oxygen atoms in total. The molecule has 0 radical (unpaired) electrons. The number of rotatable bonds is 8. The van der Waals surface area contributed by atoms with Gasteiger partial charge >= 0.3 is 5.97 Å². The summed E-state index contributed by atoms with van der Waals surface area (Å²) in [4.78, 5) is 22.3. The predicted octanol–water partition coefficient (Wildman–Crippen LogP) is 0.722. The zero-order valence-electron chi connectivity index (χ0n) is 11.9. The number of hydrogen-bond acceptors (Lipinski definition) is 4. The first-order chi connectivity index (χ1) is 10.4. The highest BCUT2D eigenvalue weighted by atomic mass is 32.2. The highest BCUT2D eigenvalue weighted by Gasteiger charge is 2.27. The third kappa shape index (κ3) is 4.81. The Kier molecular flexibility index (Phi) is 5.15. The average molecular weight is 326 g/mol. The van der Waals surface area contributed by atoms with Crippen LogP contribution in [-0.4, -0.2) is 38.0 Å². The molecule has 0 atom stereocenters. The van der Waals surface area contributed by atoms with Gasteiger partial charge in [-0.15, -0.1) is 0 Å². The van der Waals surface area contributed by atoms with Crippen molar-refractivity contribution in [3.63, 3.8) is 0 Å². The van der Waals surface area contributed by atoms with E-state index in [0.717, 1.165) is 12.8 Å². The van der Waals surface area contributed by atoms with Crippen molar-refractivity contribution >= 4 is 21.9 Å². The molecule has 1 aliphatic carbocycles. The molecule has 1 aromatic carbocycles. The van der Waals surface area contributed by atoms with E-state index in [-0.39, 0.29) is 29.8 Å². The van der Waals surface area contributed by atoms with Crippen LogP contribution in [0.1, 0.15) is 36.0 Å². The molecule has 1 fully saturated rings. The summed E-state index contributed by atoms with van der Waals surface area (Å²) in [6.45, 7) is 0.258. The second-order valence-corrected chi connectivity index (χ2v) is 6.89. The number of carbonyl (C=O) groups is 2. The van der Waals surface area contributed by atoms with E-state index in [9.17, 15) is 18.0 Å². The molecule has 2 rings (SSSR count). The first-order valence-corrected chi connectivity index (χ1v) is 8.49. The maximum Gasteiger partial charge on any atom is 0.303 e. The maximum atomic E-state index is 12.0. The van der Waals surface area contributed by atoms with Crippen molar-refractivity contribution in [3.8, 4) is 0 Å². The van der Waals surface area contributed by atoms with Gasteiger partial charge in [-0.3, -0.25) is 9.59 Å². The average Bonchev–Trinajstić information content (AvgIpc) is 3.26. The molecule has 120 valence electrons. The molecular formula is C14H18N2O5S. The number of nitrogens with one attached hydrogen (secondary N) is 2. The smallest absolute Gasteiger partial charge is 0.303 e. The number of amides is 1. The van der Waals surface area contributed by atoms with Gasteiger partial charge < -0.3 is 10.4 Å². The van der Waals surface area contributed by atoms with E-state index in [1.807, 2.05) is 0 Å². The molecule has 1 aromatic rings. The minimum Gasteiger partial charge on any atom is -0.481 e. The van der Waals surface area contributed by atoms with Crippen LogP contribution in [0.3, 0.4) is 0 Å². The molecule has 1 amide bonds. The summed E-state index contributed by atoms with van der Waals surface area (Å²) >= 11 is 0. The van der Waals surface area contributed by atoms with Crippen LogP contribution in [0.2, 0.25) is 0 Å². The van der Waals surface area contributed by atoms with Gasteiger partial charge in [-0.05, 0) is 43.5 Å². The van der Waals surface area contributed by atoms with Gasteiger partial charge in [0.1, 0.15) is 0 Å². The van der Waals surface area contributed by atoms with E-state index in [0.29, 0.717) is 12.0 Å². The fourth-order valence-corrected chi connectivity index (χ4v) is 3.12. The third-order valence-electron chi connectivity index (χ3n) is 3.18. The zero-order chi connectivity index (χ0) is 16.2. The standard InChI is InChI=1S/C14H18N2O5S/c17-13(18)2-1-9-15-14(19)10-3-7-12(8-4-10)22(20,21)16-11-5-6-11/h3-4,7-8,11,16H,1-2,5-6,9H2,(H,15,19)(H,17,18). The fourth-order valence-electron chi connectivity index (χ4n) is 1.82. The molecule has 1 aliphatic rings. The Bertz CT molecular complexity index is 650. The van der Waals surface area contributed by atoms with Gasteiger partial charge in [0.2, 0.25) is 10.0 Å². The molecule has 3 N–H and O–H groups in total. The van der Waals surface area contributed by atoms with Gasteiger partial charge in [0, 0.05) is 24.6 Å². The topological polar surface area (TPSA) is 113 Å². The van der Waals surface area contributed by atoms with Gasteiger partial charge in [0.05, 0.1) is 4.90 Å². The summed E-state index contributed by atoms with van der Waals surface area (Å²) in [7, 11) is -3.52. The van der Waals surface area contributed by atoms with Crippen LogP contribution >= 0.6 is 0 Å². The molecule has 0 bridgehead atoms. The minimum atomic E-state index is -3.52. The van der Waals surface area contributed by atoms with Crippen molar-refractivity contribution in [1.82, 2.24) is 10.0 Å². The minimum absolute atomic E-state index is 0.00963. The van der Waals surface area contributed by atoms with Crippen molar-refractivity contribution in [3.05, 3.63) is 29.8 Å². The van der Waals surface area contributed by atoms with Crippen LogP contribution in [0.15, 0.2) is 29.2 Å². The van der Waals surface area contributed by atoms with Crippen LogP contribution in [0.4, 0.5) is 0 Å². The summed E-state index contributed by atoms with van der Waals surface area (Å²) < 4.78 is 26.5. The number of benzene rings is 1. The van der Waals surface area contributed by atoms with Crippen molar-refractivity contribution in [2.45, 2.75) is 36.6 Å². The lowest BCUT2D eigenvalue weighted by atomic mass is 10.2. The van der Waals surface area contributed by atoms with Crippen LogP contribution in [0.5, 0.6) is 0 Å². The highest BCUT2D eigenvalue weighted by molar-refractivity contribution is 7.89. The number of hydrogen-bond donors (Lipinski definition) is 3.